The summed E-state index contributed by atoms with van der Waals surface area (Å²) >= 11 is 0. The van der Waals surface area contributed by atoms with Crippen molar-refractivity contribution in [3.63, 3.8) is 0 Å². The molecule has 6 nitrogen and oxygen atoms in total. The zero-order valence-corrected chi connectivity index (χ0v) is 12.5. The van der Waals surface area contributed by atoms with E-state index in [0.717, 1.165) is 5.76 Å². The molecule has 2 rings (SSSR count). The molecule has 0 spiro atoms. The van der Waals surface area contributed by atoms with Crippen LogP contribution in [0.15, 0.2) is 29.0 Å². The molecular weight excluding hydrogens is 268 g/mol. The van der Waals surface area contributed by atoms with Crippen molar-refractivity contribution in [1.82, 2.24) is 15.3 Å². The van der Waals surface area contributed by atoms with E-state index in [0.29, 0.717) is 30.2 Å². The Morgan fingerprint density at radius 3 is 2.86 bits per heavy atom. The quantitative estimate of drug-likeness (QED) is 0.852. The van der Waals surface area contributed by atoms with Crippen LogP contribution in [0.3, 0.4) is 0 Å². The predicted octanol–water partition coefficient (Wildman–Crippen LogP) is 2.21. The molecule has 0 radical (unpaired) electrons. The first-order valence-corrected chi connectivity index (χ1v) is 6.97. The molecular formula is C15H20N4O2. The summed E-state index contributed by atoms with van der Waals surface area (Å²) in [6.45, 7) is 4.48. The minimum atomic E-state index is -0.213. The lowest BCUT2D eigenvalue weighted by Gasteiger charge is -2.11. The van der Waals surface area contributed by atoms with Crippen LogP contribution in [0.4, 0.5) is 5.69 Å². The Balaban J connectivity index is 2.04. The summed E-state index contributed by atoms with van der Waals surface area (Å²) in [5.74, 6) is 1.46. The molecule has 21 heavy (non-hydrogen) atoms. The van der Waals surface area contributed by atoms with Crippen LogP contribution >= 0.6 is 0 Å². The van der Waals surface area contributed by atoms with Crippen molar-refractivity contribution < 1.29 is 9.21 Å². The van der Waals surface area contributed by atoms with Crippen LogP contribution in [-0.2, 0) is 6.42 Å². The third-order valence-corrected chi connectivity index (χ3v) is 3.05. The number of nitrogens with zero attached hydrogens (tertiary/aromatic N) is 2. The van der Waals surface area contributed by atoms with E-state index in [1.807, 2.05) is 26.0 Å². The minimum Gasteiger partial charge on any atom is -0.469 e. The molecule has 0 saturated carbocycles. The van der Waals surface area contributed by atoms with Crippen molar-refractivity contribution in [2.24, 2.45) is 0 Å². The number of amides is 1. The molecule has 0 aliphatic rings. The van der Waals surface area contributed by atoms with Gasteiger partial charge in [-0.05, 0) is 12.1 Å². The third-order valence-electron chi connectivity index (χ3n) is 3.05. The lowest BCUT2D eigenvalue weighted by Crippen LogP contribution is -2.28. The minimum absolute atomic E-state index is 0.172. The summed E-state index contributed by atoms with van der Waals surface area (Å²) in [5, 5.41) is 5.79. The highest BCUT2D eigenvalue weighted by atomic mass is 16.3. The van der Waals surface area contributed by atoms with Crippen LogP contribution in [0.5, 0.6) is 0 Å². The number of nitrogens with one attached hydrogen (secondary N) is 2. The van der Waals surface area contributed by atoms with Gasteiger partial charge in [0.05, 0.1) is 18.1 Å². The fourth-order valence-electron chi connectivity index (χ4n) is 1.87. The smallest absolute Gasteiger partial charge is 0.272 e. The lowest BCUT2D eigenvalue weighted by atomic mass is 10.2. The molecule has 0 aromatic carbocycles. The number of aromatic nitrogens is 2. The average Bonchev–Trinajstić information content (AvgIpc) is 2.99. The summed E-state index contributed by atoms with van der Waals surface area (Å²) in [5.41, 5.74) is 0.991. The molecule has 0 fully saturated rings. The molecule has 0 aliphatic heterocycles. The van der Waals surface area contributed by atoms with Gasteiger partial charge in [-0.25, -0.2) is 9.97 Å². The number of furan rings is 1. The second-order valence-corrected chi connectivity index (χ2v) is 4.98. The summed E-state index contributed by atoms with van der Waals surface area (Å²) in [6.07, 6.45) is 3.91. The first-order valence-electron chi connectivity index (χ1n) is 6.97. The summed E-state index contributed by atoms with van der Waals surface area (Å²) in [6, 6.07) is 3.71. The number of rotatable bonds is 6. The van der Waals surface area contributed by atoms with E-state index in [1.165, 1.54) is 0 Å². The SMILES string of the molecule is CNc1cnc(C(C)C)nc1C(=O)NCCc1ccco1. The van der Waals surface area contributed by atoms with Crippen molar-refractivity contribution in [2.45, 2.75) is 26.2 Å². The molecule has 112 valence electrons. The van der Waals surface area contributed by atoms with Crippen LogP contribution in [0, 0.1) is 0 Å². The fraction of sp³-hybridized carbons (Fsp3) is 0.400. The van der Waals surface area contributed by atoms with Gasteiger partial charge in [0.2, 0.25) is 0 Å². The Labute approximate surface area is 124 Å². The van der Waals surface area contributed by atoms with Crippen LogP contribution in [0.1, 0.15) is 41.8 Å². The van der Waals surface area contributed by atoms with E-state index in [9.17, 15) is 4.79 Å². The van der Waals surface area contributed by atoms with Crippen LogP contribution < -0.4 is 10.6 Å². The van der Waals surface area contributed by atoms with Crippen molar-refractivity contribution in [2.75, 3.05) is 18.9 Å². The van der Waals surface area contributed by atoms with Gasteiger partial charge in [0.1, 0.15) is 11.6 Å². The van der Waals surface area contributed by atoms with Crippen molar-refractivity contribution >= 4 is 11.6 Å². The van der Waals surface area contributed by atoms with E-state index < -0.39 is 0 Å². The number of carbonyl (C=O) groups excluding carboxylic acids is 1. The van der Waals surface area contributed by atoms with E-state index in [2.05, 4.69) is 20.6 Å². The van der Waals surface area contributed by atoms with Gasteiger partial charge in [-0.1, -0.05) is 13.8 Å². The van der Waals surface area contributed by atoms with E-state index in [4.69, 9.17) is 4.42 Å². The normalized spacial score (nSPS) is 10.7. The van der Waals surface area contributed by atoms with Crippen molar-refractivity contribution in [1.29, 1.82) is 0 Å². The molecule has 0 saturated heterocycles. The highest BCUT2D eigenvalue weighted by Gasteiger charge is 2.15. The van der Waals surface area contributed by atoms with Gasteiger partial charge in [0.15, 0.2) is 5.69 Å². The first kappa shape index (κ1) is 15.0. The van der Waals surface area contributed by atoms with Gasteiger partial charge >= 0.3 is 0 Å². The molecule has 1 amide bonds. The highest BCUT2D eigenvalue weighted by molar-refractivity contribution is 5.97. The number of anilines is 1. The summed E-state index contributed by atoms with van der Waals surface area (Å²) in [7, 11) is 1.74. The summed E-state index contributed by atoms with van der Waals surface area (Å²) < 4.78 is 5.23. The maximum absolute atomic E-state index is 12.3. The van der Waals surface area contributed by atoms with E-state index in [1.54, 1.807) is 19.5 Å². The Morgan fingerprint density at radius 1 is 1.43 bits per heavy atom. The van der Waals surface area contributed by atoms with Crippen LogP contribution in [-0.4, -0.2) is 29.5 Å². The second kappa shape index (κ2) is 6.88. The predicted molar refractivity (Wildman–Crippen MR) is 80.4 cm³/mol. The van der Waals surface area contributed by atoms with Gasteiger partial charge in [-0.2, -0.15) is 0 Å². The lowest BCUT2D eigenvalue weighted by molar-refractivity contribution is 0.0949. The van der Waals surface area contributed by atoms with E-state index in [-0.39, 0.29) is 11.8 Å². The molecule has 6 heteroatoms. The maximum atomic E-state index is 12.3. The summed E-state index contributed by atoms with van der Waals surface area (Å²) in [4.78, 5) is 20.8. The average molecular weight is 288 g/mol. The Morgan fingerprint density at radius 2 is 2.24 bits per heavy atom. The molecule has 2 aromatic heterocycles. The Hall–Kier alpha value is -2.37. The van der Waals surface area contributed by atoms with Gasteiger partial charge in [0.25, 0.3) is 5.91 Å². The third kappa shape index (κ3) is 3.81. The number of hydrogen-bond donors (Lipinski definition) is 2. The Kier molecular flexibility index (Phi) is 4.92. The standard InChI is InChI=1S/C15H20N4O2/c1-10(2)14-18-9-12(16-3)13(19-14)15(20)17-7-6-11-5-4-8-21-11/h4-5,8-10,16H,6-7H2,1-3H3,(H,17,20). The van der Waals surface area contributed by atoms with Crippen molar-refractivity contribution in [3.8, 4) is 0 Å². The van der Waals surface area contributed by atoms with Gasteiger partial charge in [0, 0.05) is 25.9 Å². The topological polar surface area (TPSA) is 80.0 Å². The van der Waals surface area contributed by atoms with Gasteiger partial charge in [-0.15, -0.1) is 0 Å². The second-order valence-electron chi connectivity index (χ2n) is 4.98. The van der Waals surface area contributed by atoms with E-state index >= 15 is 0 Å². The molecule has 0 atom stereocenters. The van der Waals surface area contributed by atoms with Gasteiger partial charge < -0.3 is 15.1 Å². The zero-order chi connectivity index (χ0) is 15.2. The molecule has 2 N–H and O–H groups in total. The monoisotopic (exact) mass is 288 g/mol. The number of carbonyl (C=O) groups is 1. The first-order chi connectivity index (χ1) is 10.1. The number of hydrogen-bond acceptors (Lipinski definition) is 5. The molecule has 2 heterocycles. The molecule has 0 aliphatic carbocycles. The fourth-order valence-corrected chi connectivity index (χ4v) is 1.87. The zero-order valence-electron chi connectivity index (χ0n) is 12.5. The van der Waals surface area contributed by atoms with Crippen LogP contribution in [0.25, 0.3) is 0 Å². The Bertz CT molecular complexity index is 594. The highest BCUT2D eigenvalue weighted by Crippen LogP contribution is 2.15. The maximum Gasteiger partial charge on any atom is 0.272 e. The molecule has 0 unspecified atom stereocenters. The molecule has 0 bridgehead atoms. The largest absolute Gasteiger partial charge is 0.469 e. The van der Waals surface area contributed by atoms with Crippen molar-refractivity contribution in [3.05, 3.63) is 41.9 Å². The molecule has 2 aromatic rings. The van der Waals surface area contributed by atoms with Gasteiger partial charge in [-0.3, -0.25) is 4.79 Å². The van der Waals surface area contributed by atoms with Crippen LogP contribution in [0.2, 0.25) is 0 Å².